The Hall–Kier alpha value is -3.32. The summed E-state index contributed by atoms with van der Waals surface area (Å²) in [5, 5.41) is 24.0. The van der Waals surface area contributed by atoms with E-state index in [9.17, 15) is 9.90 Å². The van der Waals surface area contributed by atoms with E-state index in [1.807, 2.05) is 47.8 Å². The third-order valence-corrected chi connectivity index (χ3v) is 4.23. The summed E-state index contributed by atoms with van der Waals surface area (Å²) in [5.41, 5.74) is 4.18. The van der Waals surface area contributed by atoms with Gasteiger partial charge in [0.1, 0.15) is 5.75 Å². The molecule has 3 rings (SSSR count). The second-order valence-electron chi connectivity index (χ2n) is 5.33. The lowest BCUT2D eigenvalue weighted by atomic mass is 10.2. The maximum atomic E-state index is 11.8. The van der Waals surface area contributed by atoms with Crippen LogP contribution >= 0.6 is 11.3 Å². The van der Waals surface area contributed by atoms with Crippen molar-refractivity contribution < 1.29 is 9.90 Å². The van der Waals surface area contributed by atoms with Gasteiger partial charge in [0, 0.05) is 10.4 Å². The van der Waals surface area contributed by atoms with Crippen LogP contribution in [0.1, 0.15) is 10.4 Å². The number of phenols is 1. The lowest BCUT2D eigenvalue weighted by Gasteiger charge is -2.01. The largest absolute Gasteiger partial charge is 0.507 e. The molecule has 0 fully saturated rings. The van der Waals surface area contributed by atoms with Crippen LogP contribution in [0.15, 0.2) is 81.4 Å². The number of hydrogen-bond donors (Lipinski definition) is 2. The molecule has 0 aliphatic heterocycles. The van der Waals surface area contributed by atoms with E-state index in [-0.39, 0.29) is 18.1 Å². The monoisotopic (exact) mass is 364 g/mol. The van der Waals surface area contributed by atoms with E-state index in [2.05, 4.69) is 20.8 Å². The van der Waals surface area contributed by atoms with Gasteiger partial charge in [-0.2, -0.15) is 15.3 Å². The van der Waals surface area contributed by atoms with Crippen molar-refractivity contribution in [3.63, 3.8) is 0 Å². The van der Waals surface area contributed by atoms with E-state index < -0.39 is 0 Å². The topological polar surface area (TPSA) is 86.4 Å². The average molecular weight is 364 g/mol. The SMILES string of the molecule is O=C(Cc1cccs1)NN=Cc1cc(N=Nc2ccccc2)ccc1O. The number of azo groups is 1. The van der Waals surface area contributed by atoms with Gasteiger partial charge in [0.25, 0.3) is 0 Å². The van der Waals surface area contributed by atoms with Crippen molar-refractivity contribution in [2.24, 2.45) is 15.3 Å². The van der Waals surface area contributed by atoms with Gasteiger partial charge in [0.15, 0.2) is 0 Å². The Kier molecular flexibility index (Phi) is 5.84. The number of aromatic hydroxyl groups is 1. The first-order valence-electron chi connectivity index (χ1n) is 7.85. The lowest BCUT2D eigenvalue weighted by Crippen LogP contribution is -2.19. The maximum Gasteiger partial charge on any atom is 0.245 e. The molecule has 1 amide bonds. The van der Waals surface area contributed by atoms with Crippen LogP contribution in [-0.4, -0.2) is 17.2 Å². The molecule has 0 saturated heterocycles. The predicted molar refractivity (Wildman–Crippen MR) is 102 cm³/mol. The molecule has 130 valence electrons. The Morgan fingerprint density at radius 1 is 1.04 bits per heavy atom. The normalized spacial score (nSPS) is 11.2. The Morgan fingerprint density at radius 3 is 2.62 bits per heavy atom. The average Bonchev–Trinajstić information content (AvgIpc) is 3.16. The van der Waals surface area contributed by atoms with Gasteiger partial charge in [0.05, 0.1) is 24.0 Å². The molecule has 0 bridgehead atoms. The van der Waals surface area contributed by atoms with Crippen LogP contribution in [0.5, 0.6) is 5.75 Å². The molecule has 0 spiro atoms. The van der Waals surface area contributed by atoms with Gasteiger partial charge in [-0.3, -0.25) is 4.79 Å². The molecule has 26 heavy (non-hydrogen) atoms. The highest BCUT2D eigenvalue weighted by molar-refractivity contribution is 7.10. The molecule has 0 unspecified atom stereocenters. The fourth-order valence-electron chi connectivity index (χ4n) is 2.10. The first kappa shape index (κ1) is 17.5. The minimum atomic E-state index is -0.219. The molecule has 0 saturated carbocycles. The summed E-state index contributed by atoms with van der Waals surface area (Å²) in [6.45, 7) is 0. The number of amides is 1. The molecule has 1 aromatic heterocycles. The smallest absolute Gasteiger partial charge is 0.245 e. The van der Waals surface area contributed by atoms with E-state index in [4.69, 9.17) is 0 Å². The highest BCUT2D eigenvalue weighted by Crippen LogP contribution is 2.23. The minimum Gasteiger partial charge on any atom is -0.507 e. The number of rotatable bonds is 6. The molecule has 0 radical (unpaired) electrons. The number of nitrogens with one attached hydrogen (secondary N) is 1. The number of carbonyl (C=O) groups excluding carboxylic acids is 1. The van der Waals surface area contributed by atoms with Gasteiger partial charge >= 0.3 is 0 Å². The zero-order valence-corrected chi connectivity index (χ0v) is 14.6. The lowest BCUT2D eigenvalue weighted by molar-refractivity contribution is -0.120. The number of benzene rings is 2. The Balaban J connectivity index is 1.64. The van der Waals surface area contributed by atoms with Gasteiger partial charge < -0.3 is 5.11 Å². The molecular weight excluding hydrogens is 348 g/mol. The highest BCUT2D eigenvalue weighted by Gasteiger charge is 2.03. The Bertz CT molecular complexity index is 922. The van der Waals surface area contributed by atoms with E-state index in [1.165, 1.54) is 23.6 Å². The van der Waals surface area contributed by atoms with Gasteiger partial charge in [-0.05, 0) is 41.8 Å². The zero-order chi connectivity index (χ0) is 18.2. The van der Waals surface area contributed by atoms with Gasteiger partial charge in [-0.1, -0.05) is 24.3 Å². The molecule has 2 N–H and O–H groups in total. The Morgan fingerprint density at radius 2 is 1.85 bits per heavy atom. The molecule has 2 aromatic carbocycles. The van der Waals surface area contributed by atoms with Gasteiger partial charge in [0.2, 0.25) is 5.91 Å². The molecule has 0 aliphatic rings. The molecule has 1 heterocycles. The van der Waals surface area contributed by atoms with Gasteiger partial charge in [-0.15, -0.1) is 11.3 Å². The second-order valence-corrected chi connectivity index (χ2v) is 6.36. The first-order chi connectivity index (χ1) is 12.7. The van der Waals surface area contributed by atoms with Crippen LogP contribution < -0.4 is 5.43 Å². The predicted octanol–water partition coefficient (Wildman–Crippen LogP) is 4.56. The summed E-state index contributed by atoms with van der Waals surface area (Å²) in [4.78, 5) is 12.8. The zero-order valence-electron chi connectivity index (χ0n) is 13.7. The standard InChI is InChI=1S/C19H16N4O2S/c24-18-9-8-16(22-21-15-5-2-1-3-6-15)11-14(18)13-20-23-19(25)12-17-7-4-10-26-17/h1-11,13,24H,12H2,(H,23,25). The van der Waals surface area contributed by atoms with Crippen LogP contribution in [0.4, 0.5) is 11.4 Å². The van der Waals surface area contributed by atoms with Crippen molar-refractivity contribution >= 4 is 34.8 Å². The third kappa shape index (κ3) is 5.09. The van der Waals surface area contributed by atoms with Crippen molar-refractivity contribution in [3.8, 4) is 5.75 Å². The molecule has 3 aromatic rings. The molecule has 0 aliphatic carbocycles. The third-order valence-electron chi connectivity index (χ3n) is 3.36. The van der Waals surface area contributed by atoms with Crippen LogP contribution in [0.25, 0.3) is 0 Å². The molecule has 6 nitrogen and oxygen atoms in total. The summed E-state index contributed by atoms with van der Waals surface area (Å²) in [5.74, 6) is -0.178. The van der Waals surface area contributed by atoms with Gasteiger partial charge in [-0.25, -0.2) is 5.43 Å². The molecular formula is C19H16N4O2S. The number of hydrogen-bond acceptors (Lipinski definition) is 6. The van der Waals surface area contributed by atoms with Crippen LogP contribution in [-0.2, 0) is 11.2 Å². The fraction of sp³-hybridized carbons (Fsp3) is 0.0526. The molecule has 0 atom stereocenters. The van der Waals surface area contributed by atoms with E-state index >= 15 is 0 Å². The number of thiophene rings is 1. The van der Waals surface area contributed by atoms with Crippen LogP contribution in [0.2, 0.25) is 0 Å². The number of phenolic OH excluding ortho intramolecular Hbond substituents is 1. The van der Waals surface area contributed by atoms with Crippen molar-refractivity contribution in [3.05, 3.63) is 76.5 Å². The maximum absolute atomic E-state index is 11.8. The first-order valence-corrected chi connectivity index (χ1v) is 8.73. The van der Waals surface area contributed by atoms with Crippen LogP contribution in [0.3, 0.4) is 0 Å². The van der Waals surface area contributed by atoms with E-state index in [0.717, 1.165) is 10.6 Å². The van der Waals surface area contributed by atoms with Crippen molar-refractivity contribution in [1.29, 1.82) is 0 Å². The number of hydrazone groups is 1. The number of nitrogens with zero attached hydrogens (tertiary/aromatic N) is 3. The van der Waals surface area contributed by atoms with Crippen LogP contribution in [0, 0.1) is 0 Å². The molecule has 7 heteroatoms. The van der Waals surface area contributed by atoms with Crippen molar-refractivity contribution in [2.75, 3.05) is 0 Å². The highest BCUT2D eigenvalue weighted by atomic mass is 32.1. The van der Waals surface area contributed by atoms with Crippen molar-refractivity contribution in [1.82, 2.24) is 5.43 Å². The fourth-order valence-corrected chi connectivity index (χ4v) is 2.81. The summed E-state index contributed by atoms with van der Waals surface area (Å²) in [6.07, 6.45) is 1.65. The second kappa shape index (κ2) is 8.68. The quantitative estimate of drug-likeness (QED) is 0.381. The summed E-state index contributed by atoms with van der Waals surface area (Å²) < 4.78 is 0. The summed E-state index contributed by atoms with van der Waals surface area (Å²) in [6, 6.07) is 17.9. The minimum absolute atomic E-state index is 0.0416. The Labute approximate surface area is 154 Å². The summed E-state index contributed by atoms with van der Waals surface area (Å²) in [7, 11) is 0. The summed E-state index contributed by atoms with van der Waals surface area (Å²) >= 11 is 1.51. The van der Waals surface area contributed by atoms with Crippen molar-refractivity contribution in [2.45, 2.75) is 6.42 Å². The van der Waals surface area contributed by atoms with E-state index in [1.54, 1.807) is 12.1 Å². The van der Waals surface area contributed by atoms with E-state index in [0.29, 0.717) is 11.3 Å². The number of carbonyl (C=O) groups is 1.